The molecule has 2 atom stereocenters. The number of aliphatic hydroxyl groups excluding tert-OH is 1. The summed E-state index contributed by atoms with van der Waals surface area (Å²) in [6.07, 6.45) is 19.6. The lowest BCUT2D eigenvalue weighted by molar-refractivity contribution is 0.0328. The zero-order valence-corrected chi connectivity index (χ0v) is 29.0. The third-order valence-corrected chi connectivity index (χ3v) is 13.5. The molecule has 0 aliphatic carbocycles. The van der Waals surface area contributed by atoms with E-state index < -0.39 is 14.4 Å². The topological polar surface area (TPSA) is 32.7 Å². The van der Waals surface area contributed by atoms with E-state index in [0.29, 0.717) is 6.61 Å². The molecule has 0 heterocycles. The number of unbranched alkanes of at least 4 members (excludes halogenated alkanes) is 11. The van der Waals surface area contributed by atoms with Crippen LogP contribution in [0, 0.1) is 0 Å². The van der Waals surface area contributed by atoms with E-state index >= 15 is 0 Å². The Morgan fingerprint density at radius 3 is 1.64 bits per heavy atom. The van der Waals surface area contributed by atoms with E-state index in [1.165, 1.54) is 81.8 Å². The van der Waals surface area contributed by atoms with Crippen LogP contribution in [-0.2, 0) is 17.5 Å². The normalized spacial score (nSPS) is 14.1. The average Bonchev–Trinajstić information content (AvgIpc) is 2.96. The first kappa shape index (κ1) is 36.5. The van der Waals surface area contributed by atoms with Crippen molar-refractivity contribution in [1.82, 2.24) is 4.90 Å². The highest BCUT2D eigenvalue weighted by molar-refractivity contribution is 6.74. The quantitative estimate of drug-likeness (QED) is 0.0837. The van der Waals surface area contributed by atoms with E-state index in [0.717, 1.165) is 19.5 Å². The van der Waals surface area contributed by atoms with E-state index in [1.807, 2.05) is 6.08 Å². The Hall–Kier alpha value is -1.72. The smallest absolute Gasteiger partial charge is 0.192 e. The maximum Gasteiger partial charge on any atom is 0.192 e. The summed E-state index contributed by atoms with van der Waals surface area (Å²) in [5.41, 5.74) is 2.51. The van der Waals surface area contributed by atoms with Crippen molar-refractivity contribution in [3.05, 3.63) is 83.9 Å². The SMILES string of the molecule is CCCCCCCCCCCCC/C=C/[C@H](O)[C@H](CO[Si](C)(C)C(C)(C)C)N(Cc1ccccc1)Cc1ccccc1. The van der Waals surface area contributed by atoms with Crippen molar-refractivity contribution in [2.45, 2.75) is 148 Å². The minimum absolute atomic E-state index is 0.122. The molecule has 0 amide bonds. The minimum atomic E-state index is -1.98. The van der Waals surface area contributed by atoms with Crippen molar-refractivity contribution >= 4 is 8.32 Å². The maximum atomic E-state index is 11.6. The highest BCUT2D eigenvalue weighted by Gasteiger charge is 2.38. The highest BCUT2D eigenvalue weighted by Crippen LogP contribution is 2.37. The maximum absolute atomic E-state index is 11.6. The van der Waals surface area contributed by atoms with E-state index in [-0.39, 0.29) is 11.1 Å². The summed E-state index contributed by atoms with van der Waals surface area (Å²) < 4.78 is 6.76. The second kappa shape index (κ2) is 20.3. The van der Waals surface area contributed by atoms with Crippen LogP contribution in [0.5, 0.6) is 0 Å². The number of aliphatic hydroxyl groups is 1. The van der Waals surface area contributed by atoms with Crippen LogP contribution in [0.3, 0.4) is 0 Å². The number of nitrogens with zero attached hydrogens (tertiary/aromatic N) is 1. The molecule has 0 aromatic heterocycles. The predicted octanol–water partition coefficient (Wildman–Crippen LogP) is 10.7. The molecule has 0 saturated carbocycles. The summed E-state index contributed by atoms with van der Waals surface area (Å²) in [6.45, 7) is 15.8. The van der Waals surface area contributed by atoms with Gasteiger partial charge < -0.3 is 9.53 Å². The Morgan fingerprint density at radius 2 is 1.19 bits per heavy atom. The molecule has 3 nitrogen and oxygen atoms in total. The van der Waals surface area contributed by atoms with Crippen molar-refractivity contribution in [1.29, 1.82) is 0 Å². The molecule has 0 radical (unpaired) electrons. The second-order valence-electron chi connectivity index (χ2n) is 13.8. The fourth-order valence-corrected chi connectivity index (χ4v) is 6.17. The summed E-state index contributed by atoms with van der Waals surface area (Å²) in [7, 11) is -1.98. The van der Waals surface area contributed by atoms with Crippen molar-refractivity contribution in [3.63, 3.8) is 0 Å². The molecule has 42 heavy (non-hydrogen) atoms. The lowest BCUT2D eigenvalue weighted by Gasteiger charge is -2.40. The lowest BCUT2D eigenvalue weighted by atomic mass is 10.0. The standard InChI is InChI=1S/C38H63NO2Si/c1-7-8-9-10-11-12-13-14-15-16-17-18-25-30-37(40)36(33-41-42(5,6)38(2,3)4)39(31-34-26-21-19-22-27-34)32-35-28-23-20-24-29-35/h19-30,36-37,40H,7-18,31-33H2,1-6H3/b30-25+/t36-,37-/m0/s1. The fraction of sp³-hybridized carbons (Fsp3) is 0.632. The Bertz CT molecular complexity index is 913. The van der Waals surface area contributed by atoms with Gasteiger partial charge in [-0.25, -0.2) is 0 Å². The molecule has 2 aromatic rings. The Balaban J connectivity index is 2.00. The van der Waals surface area contributed by atoms with Gasteiger partial charge in [0.25, 0.3) is 0 Å². The first-order valence-electron chi connectivity index (χ1n) is 16.9. The third kappa shape index (κ3) is 14.6. The van der Waals surface area contributed by atoms with Gasteiger partial charge in [-0.2, -0.15) is 0 Å². The molecule has 0 spiro atoms. The molecule has 0 unspecified atom stereocenters. The van der Waals surface area contributed by atoms with Crippen molar-refractivity contribution in [2.75, 3.05) is 6.61 Å². The number of hydrogen-bond acceptors (Lipinski definition) is 3. The molecule has 0 fully saturated rings. The van der Waals surface area contributed by atoms with Gasteiger partial charge in [0, 0.05) is 13.1 Å². The minimum Gasteiger partial charge on any atom is -0.415 e. The largest absolute Gasteiger partial charge is 0.415 e. The molecular formula is C38H63NO2Si. The first-order valence-corrected chi connectivity index (χ1v) is 19.9. The second-order valence-corrected chi connectivity index (χ2v) is 18.6. The highest BCUT2D eigenvalue weighted by atomic mass is 28.4. The monoisotopic (exact) mass is 593 g/mol. The number of hydrogen-bond donors (Lipinski definition) is 1. The number of benzene rings is 2. The summed E-state index contributed by atoms with van der Waals surface area (Å²) in [4.78, 5) is 2.41. The van der Waals surface area contributed by atoms with Crippen LogP contribution in [0.1, 0.15) is 116 Å². The van der Waals surface area contributed by atoms with E-state index in [2.05, 4.69) is 112 Å². The van der Waals surface area contributed by atoms with Crippen LogP contribution in [0.25, 0.3) is 0 Å². The van der Waals surface area contributed by atoms with Crippen LogP contribution < -0.4 is 0 Å². The first-order chi connectivity index (χ1) is 20.1. The van der Waals surface area contributed by atoms with E-state index in [9.17, 15) is 5.11 Å². The van der Waals surface area contributed by atoms with Crippen molar-refractivity contribution in [3.8, 4) is 0 Å². The van der Waals surface area contributed by atoms with Gasteiger partial charge in [-0.3, -0.25) is 4.90 Å². The third-order valence-electron chi connectivity index (χ3n) is 9.05. The van der Waals surface area contributed by atoms with Crippen LogP contribution in [-0.4, -0.2) is 37.1 Å². The van der Waals surface area contributed by atoms with Crippen LogP contribution in [0.4, 0.5) is 0 Å². The Kier molecular flexibility index (Phi) is 17.6. The molecule has 2 aromatic carbocycles. The average molecular weight is 594 g/mol. The predicted molar refractivity (Wildman–Crippen MR) is 185 cm³/mol. The molecule has 2 rings (SSSR count). The van der Waals surface area contributed by atoms with Gasteiger partial charge in [-0.15, -0.1) is 0 Å². The van der Waals surface area contributed by atoms with Crippen molar-refractivity contribution < 1.29 is 9.53 Å². The van der Waals surface area contributed by atoms with Gasteiger partial charge >= 0.3 is 0 Å². The Labute approximate surface area is 260 Å². The summed E-state index contributed by atoms with van der Waals surface area (Å²) in [5.74, 6) is 0. The summed E-state index contributed by atoms with van der Waals surface area (Å²) in [5, 5.41) is 11.7. The molecule has 236 valence electrons. The Morgan fingerprint density at radius 1 is 0.738 bits per heavy atom. The van der Waals surface area contributed by atoms with Crippen LogP contribution >= 0.6 is 0 Å². The fourth-order valence-electron chi connectivity index (χ4n) is 5.15. The zero-order valence-electron chi connectivity index (χ0n) is 28.0. The van der Waals surface area contributed by atoms with Gasteiger partial charge in [-0.1, -0.05) is 165 Å². The van der Waals surface area contributed by atoms with Crippen LogP contribution in [0.2, 0.25) is 18.1 Å². The van der Waals surface area contributed by atoms with Gasteiger partial charge in [-0.05, 0) is 42.1 Å². The summed E-state index contributed by atoms with van der Waals surface area (Å²) in [6, 6.07) is 21.1. The van der Waals surface area contributed by atoms with Crippen LogP contribution in [0.15, 0.2) is 72.8 Å². The van der Waals surface area contributed by atoms with Gasteiger partial charge in [0.05, 0.1) is 18.8 Å². The molecule has 0 aliphatic rings. The molecule has 0 aliphatic heterocycles. The number of allylic oxidation sites excluding steroid dienone is 1. The lowest BCUT2D eigenvalue weighted by Crippen LogP contribution is -2.50. The van der Waals surface area contributed by atoms with E-state index in [4.69, 9.17) is 4.43 Å². The molecule has 0 bridgehead atoms. The van der Waals surface area contributed by atoms with Gasteiger partial charge in [0.1, 0.15) is 0 Å². The van der Waals surface area contributed by atoms with Gasteiger partial charge in [0.2, 0.25) is 0 Å². The molecule has 0 saturated heterocycles. The molecule has 1 N–H and O–H groups in total. The zero-order chi connectivity index (χ0) is 30.7. The molecular weight excluding hydrogens is 531 g/mol. The van der Waals surface area contributed by atoms with Gasteiger partial charge in [0.15, 0.2) is 8.32 Å². The summed E-state index contributed by atoms with van der Waals surface area (Å²) >= 11 is 0. The van der Waals surface area contributed by atoms with E-state index in [1.54, 1.807) is 0 Å². The van der Waals surface area contributed by atoms with Crippen molar-refractivity contribution in [2.24, 2.45) is 0 Å². The molecule has 4 heteroatoms. The number of rotatable bonds is 22.